The molecule has 0 amide bonds. The summed E-state index contributed by atoms with van der Waals surface area (Å²) in [6.45, 7) is 7.08. The van der Waals surface area contributed by atoms with Crippen LogP contribution in [0.2, 0.25) is 5.02 Å². The van der Waals surface area contributed by atoms with Gasteiger partial charge in [0.2, 0.25) is 0 Å². The molecule has 0 aliphatic rings. The second kappa shape index (κ2) is 7.27. The number of aromatic nitrogens is 2. The molecule has 2 rings (SSSR count). The molecule has 0 aliphatic heterocycles. The predicted octanol–water partition coefficient (Wildman–Crippen LogP) is 4.57. The van der Waals surface area contributed by atoms with Crippen LogP contribution in [0.5, 0.6) is 0 Å². The monoisotopic (exact) mass is 304 g/mol. The van der Waals surface area contributed by atoms with Crippen LogP contribution in [0.15, 0.2) is 24.3 Å². The average Bonchev–Trinajstić information content (AvgIpc) is 2.48. The number of hydrogen-bond acceptors (Lipinski definition) is 4. The molecule has 0 fully saturated rings. The maximum Gasteiger partial charge on any atom is 0.136 e. The zero-order valence-corrected chi connectivity index (χ0v) is 13.5. The fourth-order valence-electron chi connectivity index (χ4n) is 1.92. The van der Waals surface area contributed by atoms with Crippen molar-refractivity contribution in [3.8, 4) is 0 Å². The summed E-state index contributed by atoms with van der Waals surface area (Å²) in [7, 11) is 0. The van der Waals surface area contributed by atoms with Crippen molar-refractivity contribution in [1.29, 1.82) is 0 Å². The summed E-state index contributed by atoms with van der Waals surface area (Å²) < 4.78 is 0. The lowest BCUT2D eigenvalue weighted by atomic mass is 10.2. The first kappa shape index (κ1) is 15.6. The lowest BCUT2D eigenvalue weighted by molar-refractivity contribution is 0.919. The second-order valence-electron chi connectivity index (χ2n) is 4.94. The van der Waals surface area contributed by atoms with Gasteiger partial charge in [-0.05, 0) is 31.0 Å². The maximum absolute atomic E-state index is 6.25. The quantitative estimate of drug-likeness (QED) is 0.821. The van der Waals surface area contributed by atoms with Gasteiger partial charge < -0.3 is 10.6 Å². The smallest absolute Gasteiger partial charge is 0.136 e. The van der Waals surface area contributed by atoms with E-state index in [0.717, 1.165) is 48.1 Å². The molecule has 4 nitrogen and oxygen atoms in total. The lowest BCUT2D eigenvalue weighted by Crippen LogP contribution is -2.07. The Hall–Kier alpha value is -1.81. The minimum Gasteiger partial charge on any atom is -0.370 e. The van der Waals surface area contributed by atoms with E-state index in [-0.39, 0.29) is 0 Å². The lowest BCUT2D eigenvalue weighted by Gasteiger charge is -2.12. The van der Waals surface area contributed by atoms with Gasteiger partial charge in [-0.3, -0.25) is 0 Å². The molecule has 112 valence electrons. The Kier molecular flexibility index (Phi) is 5.39. The molecule has 0 bridgehead atoms. The number of benzene rings is 1. The Bertz CT molecular complexity index is 613. The van der Waals surface area contributed by atoms with E-state index in [0.29, 0.717) is 5.02 Å². The van der Waals surface area contributed by atoms with Crippen molar-refractivity contribution < 1.29 is 0 Å². The van der Waals surface area contributed by atoms with E-state index < -0.39 is 0 Å². The van der Waals surface area contributed by atoms with Gasteiger partial charge in [0.25, 0.3) is 0 Å². The van der Waals surface area contributed by atoms with Crippen molar-refractivity contribution in [2.75, 3.05) is 17.2 Å². The first-order valence-corrected chi connectivity index (χ1v) is 7.65. The highest BCUT2D eigenvalue weighted by Crippen LogP contribution is 2.26. The Balaban J connectivity index is 2.25. The van der Waals surface area contributed by atoms with Gasteiger partial charge in [-0.1, -0.05) is 31.5 Å². The number of nitrogens with one attached hydrogen (secondary N) is 2. The van der Waals surface area contributed by atoms with Crippen molar-refractivity contribution in [2.24, 2.45) is 0 Å². The van der Waals surface area contributed by atoms with E-state index in [9.17, 15) is 0 Å². The first-order chi connectivity index (χ1) is 10.1. The Morgan fingerprint density at radius 2 is 1.86 bits per heavy atom. The highest BCUT2D eigenvalue weighted by molar-refractivity contribution is 6.33. The van der Waals surface area contributed by atoms with Gasteiger partial charge in [0, 0.05) is 19.0 Å². The second-order valence-corrected chi connectivity index (χ2v) is 5.35. The topological polar surface area (TPSA) is 49.8 Å². The van der Waals surface area contributed by atoms with Crippen LogP contribution in [0.3, 0.4) is 0 Å². The van der Waals surface area contributed by atoms with Crippen LogP contribution < -0.4 is 10.6 Å². The normalized spacial score (nSPS) is 10.5. The molecule has 1 aromatic carbocycles. The zero-order valence-electron chi connectivity index (χ0n) is 12.7. The van der Waals surface area contributed by atoms with Crippen LogP contribution in [0.4, 0.5) is 17.3 Å². The number of anilines is 3. The van der Waals surface area contributed by atoms with Gasteiger partial charge in [0.05, 0.1) is 10.7 Å². The summed E-state index contributed by atoms with van der Waals surface area (Å²) in [4.78, 5) is 8.97. The fraction of sp³-hybridized carbons (Fsp3) is 0.375. The molecule has 0 radical (unpaired) electrons. The van der Waals surface area contributed by atoms with Crippen LogP contribution in [-0.2, 0) is 6.42 Å². The van der Waals surface area contributed by atoms with E-state index in [4.69, 9.17) is 11.6 Å². The van der Waals surface area contributed by atoms with Gasteiger partial charge in [-0.15, -0.1) is 0 Å². The van der Waals surface area contributed by atoms with Gasteiger partial charge in [-0.25, -0.2) is 9.97 Å². The summed E-state index contributed by atoms with van der Waals surface area (Å²) in [5.74, 6) is 2.41. The molecule has 0 spiro atoms. The van der Waals surface area contributed by atoms with Crippen molar-refractivity contribution in [3.05, 3.63) is 40.7 Å². The Labute approximate surface area is 131 Å². The van der Waals surface area contributed by atoms with Crippen molar-refractivity contribution >= 4 is 28.9 Å². The van der Waals surface area contributed by atoms with Crippen LogP contribution in [0.1, 0.15) is 31.7 Å². The minimum atomic E-state index is 0.690. The van der Waals surface area contributed by atoms with E-state index in [1.807, 2.05) is 38.1 Å². The molecule has 0 atom stereocenters. The Morgan fingerprint density at radius 3 is 2.52 bits per heavy atom. The van der Waals surface area contributed by atoms with Crippen LogP contribution >= 0.6 is 11.6 Å². The molecular weight excluding hydrogens is 284 g/mol. The van der Waals surface area contributed by atoms with Gasteiger partial charge in [0.1, 0.15) is 17.5 Å². The minimum absolute atomic E-state index is 0.690. The summed E-state index contributed by atoms with van der Waals surface area (Å²) >= 11 is 6.25. The summed E-state index contributed by atoms with van der Waals surface area (Å²) in [6.07, 6.45) is 1.84. The fourth-order valence-corrected chi connectivity index (χ4v) is 2.20. The van der Waals surface area contributed by atoms with E-state index in [2.05, 4.69) is 27.5 Å². The molecule has 1 aromatic heterocycles. The number of aryl methyl sites for hydroxylation is 2. The maximum atomic E-state index is 6.25. The largest absolute Gasteiger partial charge is 0.370 e. The predicted molar refractivity (Wildman–Crippen MR) is 89.7 cm³/mol. The van der Waals surface area contributed by atoms with E-state index in [1.165, 1.54) is 0 Å². The molecule has 5 heteroatoms. The first-order valence-electron chi connectivity index (χ1n) is 7.27. The molecule has 2 aromatic rings. The van der Waals surface area contributed by atoms with Gasteiger partial charge >= 0.3 is 0 Å². The standard InChI is InChI=1S/C16H21ClN4/c1-4-8-18-15-10-16(21-14(5-2)20-15)19-13-7-6-11(3)9-12(13)17/h6-7,9-10H,4-5,8H2,1-3H3,(H2,18,19,20,21). The molecule has 0 unspecified atom stereocenters. The highest BCUT2D eigenvalue weighted by Gasteiger charge is 2.06. The third-order valence-corrected chi connectivity index (χ3v) is 3.34. The number of halogens is 1. The number of nitrogens with zero attached hydrogens (tertiary/aromatic N) is 2. The van der Waals surface area contributed by atoms with Crippen LogP contribution in [-0.4, -0.2) is 16.5 Å². The molecule has 0 saturated heterocycles. The molecule has 21 heavy (non-hydrogen) atoms. The molecular formula is C16H21ClN4. The third kappa shape index (κ3) is 4.33. The van der Waals surface area contributed by atoms with Crippen LogP contribution in [0.25, 0.3) is 0 Å². The number of rotatable bonds is 6. The highest BCUT2D eigenvalue weighted by atomic mass is 35.5. The molecule has 0 aliphatic carbocycles. The number of hydrogen-bond donors (Lipinski definition) is 2. The van der Waals surface area contributed by atoms with Crippen LogP contribution in [0, 0.1) is 6.92 Å². The summed E-state index contributed by atoms with van der Waals surface area (Å²) in [5, 5.41) is 7.25. The zero-order chi connectivity index (χ0) is 15.2. The summed E-state index contributed by atoms with van der Waals surface area (Å²) in [5.41, 5.74) is 1.98. The van der Waals surface area contributed by atoms with Crippen molar-refractivity contribution in [3.63, 3.8) is 0 Å². The molecule has 0 saturated carbocycles. The van der Waals surface area contributed by atoms with Crippen molar-refractivity contribution in [1.82, 2.24) is 9.97 Å². The SMILES string of the molecule is CCCNc1cc(Nc2ccc(C)cc2Cl)nc(CC)n1. The van der Waals surface area contributed by atoms with Gasteiger partial charge in [0.15, 0.2) is 0 Å². The van der Waals surface area contributed by atoms with E-state index >= 15 is 0 Å². The third-order valence-electron chi connectivity index (χ3n) is 3.03. The van der Waals surface area contributed by atoms with Crippen molar-refractivity contribution in [2.45, 2.75) is 33.6 Å². The molecule has 2 N–H and O–H groups in total. The summed E-state index contributed by atoms with van der Waals surface area (Å²) in [6, 6.07) is 7.82. The molecule has 1 heterocycles. The van der Waals surface area contributed by atoms with Gasteiger partial charge in [-0.2, -0.15) is 0 Å². The Morgan fingerprint density at radius 1 is 1.10 bits per heavy atom. The average molecular weight is 305 g/mol. The van der Waals surface area contributed by atoms with E-state index in [1.54, 1.807) is 0 Å².